The first-order valence-corrected chi connectivity index (χ1v) is 7.37. The van der Waals surface area contributed by atoms with Crippen LogP contribution in [0.4, 0.5) is 0 Å². The summed E-state index contributed by atoms with van der Waals surface area (Å²) in [6, 6.07) is 0. The molecule has 0 aromatic heterocycles. The maximum absolute atomic E-state index is 12.9. The summed E-state index contributed by atoms with van der Waals surface area (Å²) in [4.78, 5) is 27.3. The van der Waals surface area contributed by atoms with Crippen molar-refractivity contribution < 1.29 is 14.7 Å². The Morgan fingerprint density at radius 1 is 1.40 bits per heavy atom. The van der Waals surface area contributed by atoms with Crippen molar-refractivity contribution >= 4 is 11.8 Å². The van der Waals surface area contributed by atoms with E-state index in [-0.39, 0.29) is 17.7 Å². The molecule has 5 aliphatic rings. The van der Waals surface area contributed by atoms with Crippen LogP contribution in [-0.4, -0.2) is 45.5 Å². The number of piperazine rings is 1. The lowest BCUT2D eigenvalue weighted by Gasteiger charge is -2.63. The number of piperidine rings is 2. The van der Waals surface area contributed by atoms with Gasteiger partial charge < -0.3 is 15.3 Å². The van der Waals surface area contributed by atoms with Gasteiger partial charge in [-0.15, -0.1) is 0 Å². The van der Waals surface area contributed by atoms with Gasteiger partial charge in [-0.05, 0) is 19.3 Å². The highest BCUT2D eigenvalue weighted by Crippen LogP contribution is 2.57. The first-order chi connectivity index (χ1) is 9.34. The molecule has 0 aromatic rings. The van der Waals surface area contributed by atoms with Crippen LogP contribution in [0.15, 0.2) is 12.2 Å². The Labute approximate surface area is 118 Å². The van der Waals surface area contributed by atoms with Crippen molar-refractivity contribution in [3.05, 3.63) is 12.2 Å². The second-order valence-electron chi connectivity index (χ2n) is 7.30. The number of fused-ring (bicyclic) bond motifs is 1. The SMILES string of the molecule is CC1(C)C(O)C=CC23NC(=O)C4(CCCN4C2=O)CC31. The number of nitrogens with zero attached hydrogens (tertiary/aromatic N) is 1. The number of nitrogens with one attached hydrogen (secondary N) is 1. The third-order valence-electron chi connectivity index (χ3n) is 6.12. The predicted octanol–water partition coefficient (Wildman–Crippen LogP) is 0.193. The van der Waals surface area contributed by atoms with E-state index in [4.69, 9.17) is 0 Å². The number of aliphatic hydroxyl groups excluding tert-OH is 1. The standard InChI is InChI=1S/C15H20N2O3/c1-13(2)9-8-14-5-3-7-17(14)12(20)15(9,16-11(14)19)6-4-10(13)18/h4,6,9-10,18H,3,5,7-8H2,1-2H3,(H,16,19). The fourth-order valence-electron chi connectivity index (χ4n) is 4.81. The minimum Gasteiger partial charge on any atom is -0.388 e. The van der Waals surface area contributed by atoms with E-state index in [1.165, 1.54) is 0 Å². The fourth-order valence-corrected chi connectivity index (χ4v) is 4.81. The lowest BCUT2D eigenvalue weighted by atomic mass is 9.53. The molecule has 5 rings (SSSR count). The molecule has 5 heteroatoms. The first kappa shape index (κ1) is 12.4. The van der Waals surface area contributed by atoms with Gasteiger partial charge in [-0.25, -0.2) is 0 Å². The maximum atomic E-state index is 12.9. The van der Waals surface area contributed by atoms with Crippen molar-refractivity contribution in [2.75, 3.05) is 6.54 Å². The molecule has 108 valence electrons. The van der Waals surface area contributed by atoms with E-state index in [0.717, 1.165) is 12.8 Å². The van der Waals surface area contributed by atoms with E-state index in [0.29, 0.717) is 13.0 Å². The Kier molecular flexibility index (Phi) is 2.03. The average Bonchev–Trinajstić information content (AvgIpc) is 2.82. The first-order valence-electron chi connectivity index (χ1n) is 7.37. The normalized spacial score (nSPS) is 48.0. The summed E-state index contributed by atoms with van der Waals surface area (Å²) in [6.07, 6.45) is 5.12. The number of carbonyl (C=O) groups excluding carboxylic acids is 2. The molecular weight excluding hydrogens is 256 g/mol. The summed E-state index contributed by atoms with van der Waals surface area (Å²) in [6.45, 7) is 4.66. The molecule has 4 heterocycles. The van der Waals surface area contributed by atoms with Gasteiger partial charge in [-0.1, -0.05) is 26.0 Å². The molecule has 1 aliphatic carbocycles. The van der Waals surface area contributed by atoms with Gasteiger partial charge in [-0.3, -0.25) is 9.59 Å². The van der Waals surface area contributed by atoms with Crippen LogP contribution in [0.5, 0.6) is 0 Å². The van der Waals surface area contributed by atoms with Crippen LogP contribution in [0, 0.1) is 11.3 Å². The Bertz CT molecular complexity index is 555. The monoisotopic (exact) mass is 276 g/mol. The van der Waals surface area contributed by atoms with Gasteiger partial charge in [-0.2, -0.15) is 0 Å². The highest BCUT2D eigenvalue weighted by molar-refractivity contribution is 6.06. The average molecular weight is 276 g/mol. The van der Waals surface area contributed by atoms with E-state index in [2.05, 4.69) is 5.32 Å². The molecule has 4 fully saturated rings. The van der Waals surface area contributed by atoms with Gasteiger partial charge in [0.05, 0.1) is 6.10 Å². The molecule has 2 N–H and O–H groups in total. The molecule has 5 nitrogen and oxygen atoms in total. The molecule has 2 amide bonds. The molecule has 4 aliphatic heterocycles. The van der Waals surface area contributed by atoms with Crippen LogP contribution in [-0.2, 0) is 9.59 Å². The Morgan fingerprint density at radius 2 is 2.15 bits per heavy atom. The number of hydrogen-bond acceptors (Lipinski definition) is 3. The fraction of sp³-hybridized carbons (Fsp3) is 0.733. The maximum Gasteiger partial charge on any atom is 0.253 e. The summed E-state index contributed by atoms with van der Waals surface area (Å²) >= 11 is 0. The highest BCUT2D eigenvalue weighted by Gasteiger charge is 2.71. The summed E-state index contributed by atoms with van der Waals surface area (Å²) in [5.41, 5.74) is -2.02. The quantitative estimate of drug-likeness (QED) is 0.621. The van der Waals surface area contributed by atoms with Gasteiger partial charge in [0.15, 0.2) is 0 Å². The number of hydrogen-bond donors (Lipinski definition) is 2. The third-order valence-corrected chi connectivity index (χ3v) is 6.12. The van der Waals surface area contributed by atoms with Gasteiger partial charge in [0.25, 0.3) is 5.91 Å². The van der Waals surface area contributed by atoms with Crippen LogP contribution in [0.2, 0.25) is 0 Å². The third kappa shape index (κ3) is 1.07. The van der Waals surface area contributed by atoms with Crippen LogP contribution < -0.4 is 5.32 Å². The molecule has 0 aromatic carbocycles. The smallest absolute Gasteiger partial charge is 0.253 e. The summed E-state index contributed by atoms with van der Waals surface area (Å²) in [5.74, 6) is -0.0423. The zero-order valence-electron chi connectivity index (χ0n) is 11.8. The van der Waals surface area contributed by atoms with E-state index in [1.54, 1.807) is 17.1 Å². The molecule has 2 spiro atoms. The van der Waals surface area contributed by atoms with Crippen LogP contribution >= 0.6 is 0 Å². The van der Waals surface area contributed by atoms with Gasteiger partial charge in [0, 0.05) is 17.9 Å². The summed E-state index contributed by atoms with van der Waals surface area (Å²) < 4.78 is 0. The Balaban J connectivity index is 1.93. The topological polar surface area (TPSA) is 69.6 Å². The number of aliphatic hydroxyl groups is 1. The highest BCUT2D eigenvalue weighted by atomic mass is 16.3. The van der Waals surface area contributed by atoms with E-state index in [1.807, 2.05) is 13.8 Å². The Morgan fingerprint density at radius 3 is 2.90 bits per heavy atom. The van der Waals surface area contributed by atoms with Crippen LogP contribution in [0.1, 0.15) is 33.1 Å². The number of amides is 2. The number of carbonyl (C=O) groups is 2. The van der Waals surface area contributed by atoms with E-state index in [9.17, 15) is 14.7 Å². The zero-order valence-corrected chi connectivity index (χ0v) is 11.8. The summed E-state index contributed by atoms with van der Waals surface area (Å²) in [7, 11) is 0. The Hall–Kier alpha value is -1.36. The lowest BCUT2D eigenvalue weighted by Crippen LogP contribution is -2.83. The van der Waals surface area contributed by atoms with Crippen molar-refractivity contribution in [2.45, 2.75) is 50.3 Å². The predicted molar refractivity (Wildman–Crippen MR) is 71.6 cm³/mol. The molecular formula is C15H20N2O3. The van der Waals surface area contributed by atoms with E-state index < -0.39 is 22.6 Å². The number of rotatable bonds is 0. The van der Waals surface area contributed by atoms with Crippen LogP contribution in [0.3, 0.4) is 0 Å². The molecule has 20 heavy (non-hydrogen) atoms. The minimum absolute atomic E-state index is 0.0114. The molecule has 4 atom stereocenters. The van der Waals surface area contributed by atoms with Gasteiger partial charge >= 0.3 is 0 Å². The summed E-state index contributed by atoms with van der Waals surface area (Å²) in [5, 5.41) is 13.3. The molecule has 0 saturated carbocycles. The van der Waals surface area contributed by atoms with Crippen molar-refractivity contribution in [2.24, 2.45) is 11.3 Å². The van der Waals surface area contributed by atoms with Crippen molar-refractivity contribution in [1.82, 2.24) is 10.2 Å². The second-order valence-corrected chi connectivity index (χ2v) is 7.30. The van der Waals surface area contributed by atoms with Crippen LogP contribution in [0.25, 0.3) is 0 Å². The molecule has 4 saturated heterocycles. The molecule has 0 radical (unpaired) electrons. The lowest BCUT2D eigenvalue weighted by molar-refractivity contribution is -0.180. The van der Waals surface area contributed by atoms with Crippen molar-refractivity contribution in [3.63, 3.8) is 0 Å². The van der Waals surface area contributed by atoms with E-state index >= 15 is 0 Å². The van der Waals surface area contributed by atoms with Gasteiger partial charge in [0.1, 0.15) is 11.1 Å². The molecule has 2 bridgehead atoms. The van der Waals surface area contributed by atoms with Crippen molar-refractivity contribution in [3.8, 4) is 0 Å². The zero-order chi connectivity index (χ0) is 14.3. The minimum atomic E-state index is -0.939. The second kappa shape index (κ2) is 3.27. The molecule has 4 unspecified atom stereocenters. The largest absolute Gasteiger partial charge is 0.388 e. The van der Waals surface area contributed by atoms with Gasteiger partial charge in [0.2, 0.25) is 5.91 Å². The van der Waals surface area contributed by atoms with Crippen molar-refractivity contribution in [1.29, 1.82) is 0 Å².